The normalized spacial score (nSPS) is 12.3. The van der Waals surface area contributed by atoms with Gasteiger partial charge < -0.3 is 10.5 Å². The third-order valence-corrected chi connectivity index (χ3v) is 2.49. The van der Waals surface area contributed by atoms with Gasteiger partial charge in [0.05, 0.1) is 25.2 Å². The van der Waals surface area contributed by atoms with Crippen molar-refractivity contribution in [3.05, 3.63) is 48.2 Å². The zero-order valence-electron chi connectivity index (χ0n) is 11.2. The Hall–Kier alpha value is -2.83. The lowest BCUT2D eigenvalue weighted by Crippen LogP contribution is -2.15. The number of nitrogens with two attached hydrogens (primary N) is 1. The summed E-state index contributed by atoms with van der Waals surface area (Å²) in [5, 5.41) is 8.02. The molecule has 2 N–H and O–H groups in total. The van der Waals surface area contributed by atoms with Crippen LogP contribution >= 0.6 is 0 Å². The minimum absolute atomic E-state index is 0.171. The maximum atomic E-state index is 5.82. The number of aromatic nitrogens is 3. The van der Waals surface area contributed by atoms with E-state index in [0.717, 1.165) is 11.3 Å². The smallest absolute Gasteiger partial charge is 0.232 e. The number of hydrogen-bond acceptors (Lipinski definition) is 6. The summed E-state index contributed by atoms with van der Waals surface area (Å²) in [4.78, 5) is 12.0. The first-order valence-corrected chi connectivity index (χ1v) is 5.85. The lowest BCUT2D eigenvalue weighted by atomic mass is 10.2. The van der Waals surface area contributed by atoms with Crippen LogP contribution in [0.25, 0.3) is 0 Å². The summed E-state index contributed by atoms with van der Waals surface area (Å²) in [5.74, 6) is 0.542. The second-order valence-corrected chi connectivity index (χ2v) is 3.85. The Kier molecular flexibility index (Phi) is 4.33. The monoisotopic (exact) mass is 270 g/mol. The minimum Gasteiger partial charge on any atom is -0.480 e. The van der Waals surface area contributed by atoms with Crippen LogP contribution in [0.4, 0.5) is 0 Å². The van der Waals surface area contributed by atoms with E-state index in [9.17, 15) is 0 Å². The van der Waals surface area contributed by atoms with Crippen molar-refractivity contribution in [2.24, 2.45) is 15.9 Å². The first-order chi connectivity index (χ1) is 9.70. The first-order valence-electron chi connectivity index (χ1n) is 5.85. The van der Waals surface area contributed by atoms with Crippen molar-refractivity contribution in [3.8, 4) is 5.88 Å². The molecule has 2 rings (SSSR count). The molecule has 0 saturated carbocycles. The minimum atomic E-state index is 0.171. The van der Waals surface area contributed by atoms with Crippen LogP contribution in [0.2, 0.25) is 0 Å². The molecule has 102 valence electrons. The number of pyridine rings is 1. The van der Waals surface area contributed by atoms with E-state index >= 15 is 0 Å². The molecule has 7 nitrogen and oxygen atoms in total. The van der Waals surface area contributed by atoms with E-state index in [1.54, 1.807) is 12.4 Å². The topological polar surface area (TPSA) is 98.6 Å². The van der Waals surface area contributed by atoms with E-state index in [2.05, 4.69) is 25.2 Å². The van der Waals surface area contributed by atoms with Gasteiger partial charge in [0.25, 0.3) is 0 Å². The second-order valence-electron chi connectivity index (χ2n) is 3.85. The zero-order valence-corrected chi connectivity index (χ0v) is 11.2. The lowest BCUT2D eigenvalue weighted by molar-refractivity contribution is 0.395. The van der Waals surface area contributed by atoms with Gasteiger partial charge in [-0.25, -0.2) is 4.98 Å². The zero-order chi connectivity index (χ0) is 14.4. The van der Waals surface area contributed by atoms with E-state index in [-0.39, 0.29) is 5.84 Å². The Labute approximate surface area is 116 Å². The van der Waals surface area contributed by atoms with Gasteiger partial charge in [0, 0.05) is 18.0 Å². The molecule has 2 heterocycles. The van der Waals surface area contributed by atoms with Gasteiger partial charge in [-0.2, -0.15) is 5.10 Å². The molecular formula is C13H14N6O. The summed E-state index contributed by atoms with van der Waals surface area (Å²) in [6.45, 7) is 1.84. The van der Waals surface area contributed by atoms with Crippen LogP contribution < -0.4 is 10.5 Å². The first kappa shape index (κ1) is 13.6. The molecular weight excluding hydrogens is 256 g/mol. The summed E-state index contributed by atoms with van der Waals surface area (Å²) in [5.41, 5.74) is 7.88. The van der Waals surface area contributed by atoms with Crippen molar-refractivity contribution < 1.29 is 4.74 Å². The summed E-state index contributed by atoms with van der Waals surface area (Å²) in [7, 11) is 1.51. The van der Waals surface area contributed by atoms with Crippen molar-refractivity contribution in [2.75, 3.05) is 7.11 Å². The number of ether oxygens (including phenoxy) is 1. The Bertz CT molecular complexity index is 638. The highest BCUT2D eigenvalue weighted by Crippen LogP contribution is 2.04. The van der Waals surface area contributed by atoms with Crippen LogP contribution in [0.15, 0.2) is 47.1 Å². The largest absolute Gasteiger partial charge is 0.480 e. The van der Waals surface area contributed by atoms with Crippen LogP contribution in [0, 0.1) is 0 Å². The second kappa shape index (κ2) is 6.37. The predicted molar refractivity (Wildman–Crippen MR) is 75.8 cm³/mol. The van der Waals surface area contributed by atoms with Crippen molar-refractivity contribution in [1.82, 2.24) is 15.0 Å². The van der Waals surface area contributed by atoms with Crippen LogP contribution in [-0.4, -0.2) is 33.6 Å². The maximum absolute atomic E-state index is 5.82. The molecule has 0 fully saturated rings. The molecule has 0 aromatic carbocycles. The summed E-state index contributed by atoms with van der Waals surface area (Å²) in [6, 6.07) is 3.69. The van der Waals surface area contributed by atoms with Crippen LogP contribution in [0.1, 0.15) is 18.2 Å². The maximum Gasteiger partial charge on any atom is 0.232 e. The molecule has 20 heavy (non-hydrogen) atoms. The van der Waals surface area contributed by atoms with Gasteiger partial charge in [0.1, 0.15) is 5.69 Å². The van der Waals surface area contributed by atoms with E-state index in [1.165, 1.54) is 19.5 Å². The summed E-state index contributed by atoms with van der Waals surface area (Å²) in [6.07, 6.45) is 6.37. The predicted octanol–water partition coefficient (Wildman–Crippen LogP) is 1.01. The molecule has 0 radical (unpaired) electrons. The molecule has 0 aliphatic carbocycles. The fraction of sp³-hybridized carbons (Fsp3) is 0.154. The van der Waals surface area contributed by atoms with Gasteiger partial charge in [-0.3, -0.25) is 9.97 Å². The van der Waals surface area contributed by atoms with Crippen molar-refractivity contribution in [2.45, 2.75) is 6.92 Å². The summed E-state index contributed by atoms with van der Waals surface area (Å²) >= 11 is 0. The Morgan fingerprint density at radius 3 is 2.60 bits per heavy atom. The molecule has 0 amide bonds. The Morgan fingerprint density at radius 2 is 1.90 bits per heavy atom. The van der Waals surface area contributed by atoms with E-state index in [1.807, 2.05) is 19.1 Å². The number of rotatable bonds is 4. The number of hydrogen-bond donors (Lipinski definition) is 1. The molecule has 0 aliphatic rings. The molecule has 0 aliphatic heterocycles. The van der Waals surface area contributed by atoms with Gasteiger partial charge in [0.2, 0.25) is 5.88 Å². The lowest BCUT2D eigenvalue weighted by Gasteiger charge is -2.01. The average molecular weight is 270 g/mol. The average Bonchev–Trinajstić information content (AvgIpc) is 2.53. The van der Waals surface area contributed by atoms with Gasteiger partial charge in [-0.1, -0.05) is 0 Å². The number of amidine groups is 1. The van der Waals surface area contributed by atoms with Gasteiger partial charge in [-0.15, -0.1) is 5.10 Å². The highest BCUT2D eigenvalue weighted by Gasteiger charge is 2.03. The van der Waals surface area contributed by atoms with Crippen molar-refractivity contribution >= 4 is 11.5 Å². The highest BCUT2D eigenvalue weighted by atomic mass is 16.5. The van der Waals surface area contributed by atoms with Crippen molar-refractivity contribution in [3.63, 3.8) is 0 Å². The molecule has 0 bridgehead atoms. The molecule has 2 aromatic rings. The van der Waals surface area contributed by atoms with Crippen LogP contribution in [-0.2, 0) is 0 Å². The van der Waals surface area contributed by atoms with E-state index in [4.69, 9.17) is 10.5 Å². The standard InChI is InChI=1S/C13H14N6O/c1-9(10-3-5-15-6-4-10)18-19-13(14)11-7-16-8-12(17-11)20-2/h3-8H,1-2H3,(H2,14,19). The highest BCUT2D eigenvalue weighted by molar-refractivity contribution is 6.00. The molecule has 2 aromatic heterocycles. The molecule has 0 unspecified atom stereocenters. The van der Waals surface area contributed by atoms with E-state index < -0.39 is 0 Å². The van der Waals surface area contributed by atoms with Crippen molar-refractivity contribution in [1.29, 1.82) is 0 Å². The summed E-state index contributed by atoms with van der Waals surface area (Å²) < 4.78 is 4.97. The molecule has 0 saturated heterocycles. The molecule has 0 atom stereocenters. The van der Waals surface area contributed by atoms with Gasteiger partial charge >= 0.3 is 0 Å². The quantitative estimate of drug-likeness (QED) is 0.508. The molecule has 0 spiro atoms. The number of nitrogens with zero attached hydrogens (tertiary/aromatic N) is 5. The fourth-order valence-electron chi connectivity index (χ4n) is 1.40. The third kappa shape index (κ3) is 3.35. The SMILES string of the molecule is COc1cncc(C(N)=NN=C(C)c2ccncc2)n1. The third-order valence-electron chi connectivity index (χ3n) is 2.49. The van der Waals surface area contributed by atoms with Gasteiger partial charge in [-0.05, 0) is 19.1 Å². The fourth-order valence-corrected chi connectivity index (χ4v) is 1.40. The van der Waals surface area contributed by atoms with Crippen LogP contribution in [0.3, 0.4) is 0 Å². The van der Waals surface area contributed by atoms with Crippen LogP contribution in [0.5, 0.6) is 5.88 Å². The Balaban J connectivity index is 2.22. The van der Waals surface area contributed by atoms with Gasteiger partial charge in [0.15, 0.2) is 5.84 Å². The number of methoxy groups -OCH3 is 1. The van der Waals surface area contributed by atoms with E-state index in [0.29, 0.717) is 11.6 Å². The Morgan fingerprint density at radius 1 is 1.15 bits per heavy atom. The molecule has 7 heteroatoms.